The van der Waals surface area contributed by atoms with Crippen molar-refractivity contribution in [3.8, 4) is 0 Å². The Morgan fingerprint density at radius 1 is 0.649 bits per heavy atom. The van der Waals surface area contributed by atoms with E-state index in [1.165, 1.54) is 34.0 Å². The molecule has 0 aromatic heterocycles. The van der Waals surface area contributed by atoms with E-state index in [0.29, 0.717) is 20.4 Å². The molecule has 2 aliphatic rings. The van der Waals surface area contributed by atoms with Crippen LogP contribution in [0.5, 0.6) is 0 Å². The maximum atomic E-state index is 5.62. The van der Waals surface area contributed by atoms with Gasteiger partial charge in [-0.05, 0) is 31.5 Å². The van der Waals surface area contributed by atoms with Crippen LogP contribution in [-0.2, 0) is 0 Å². The van der Waals surface area contributed by atoms with E-state index in [2.05, 4.69) is 147 Å². The highest BCUT2D eigenvalue weighted by molar-refractivity contribution is 8.86. The van der Waals surface area contributed by atoms with Crippen molar-refractivity contribution in [3.63, 3.8) is 0 Å². The Balaban J connectivity index is 2.33. The van der Waals surface area contributed by atoms with Crippen LogP contribution >= 0.6 is 22.4 Å². The molecular weight excluding hydrogens is 567 g/mol. The van der Waals surface area contributed by atoms with E-state index in [-0.39, 0.29) is 0 Å². The predicted molar refractivity (Wildman–Crippen MR) is 191 cm³/mol. The van der Waals surface area contributed by atoms with Crippen molar-refractivity contribution < 1.29 is 0 Å². The second kappa shape index (κ2) is 9.90. The number of hydrogen-bond acceptors (Lipinski definition) is 3. The first-order valence-corrected chi connectivity index (χ1v) is 33.7. The van der Waals surface area contributed by atoms with Crippen LogP contribution < -0.4 is 0 Å². The highest BCUT2D eigenvalue weighted by atomic mass is 32.6. The summed E-state index contributed by atoms with van der Waals surface area (Å²) in [5.74, 6) is 0.994. The molecule has 2 heterocycles. The third-order valence-electron chi connectivity index (χ3n) is 10.1. The van der Waals surface area contributed by atoms with Crippen LogP contribution in [0, 0.1) is 0 Å². The van der Waals surface area contributed by atoms with Gasteiger partial charge >= 0.3 is 0 Å². The lowest BCUT2D eigenvalue weighted by atomic mass is 9.93. The van der Waals surface area contributed by atoms with Gasteiger partial charge in [0.15, 0.2) is 6.37 Å². The lowest BCUT2D eigenvalue weighted by Crippen LogP contribution is -2.76. The van der Waals surface area contributed by atoms with Crippen molar-refractivity contribution in [3.05, 3.63) is 29.3 Å². The molecule has 0 bridgehead atoms. The van der Waals surface area contributed by atoms with Gasteiger partial charge in [-0.25, -0.2) is 4.99 Å². The van der Waals surface area contributed by atoms with Crippen LogP contribution in [0.1, 0.15) is 63.5 Å². The van der Waals surface area contributed by atoms with Gasteiger partial charge in [0, 0.05) is 32.3 Å². The maximum absolute atomic E-state index is 5.62. The van der Waals surface area contributed by atoms with Crippen LogP contribution in [0.3, 0.4) is 0 Å². The molecule has 0 amide bonds. The average molecular weight is 624 g/mol. The summed E-state index contributed by atoms with van der Waals surface area (Å²) in [7, 11) is -5.88. The first kappa shape index (κ1) is 32.2. The minimum absolute atomic E-state index is 0.497. The first-order chi connectivity index (χ1) is 16.5. The van der Waals surface area contributed by atoms with E-state index in [1.807, 2.05) is 0 Å². The lowest BCUT2D eigenvalue weighted by Gasteiger charge is -2.69. The summed E-state index contributed by atoms with van der Waals surface area (Å²) in [6.45, 7) is 42.4. The molecule has 0 radical (unpaired) electrons. The molecule has 0 unspecified atom stereocenters. The van der Waals surface area contributed by atoms with Crippen molar-refractivity contribution in [2.24, 2.45) is 4.99 Å². The second-order valence-electron chi connectivity index (χ2n) is 16.6. The van der Waals surface area contributed by atoms with Crippen molar-refractivity contribution >= 4 is 71.2 Å². The molecule has 0 atom stereocenters. The van der Waals surface area contributed by atoms with Crippen LogP contribution in [0.2, 0.25) is 87.1 Å². The largest absolute Gasteiger partial charge is 0.236 e. The van der Waals surface area contributed by atoms with Crippen molar-refractivity contribution in [2.45, 2.75) is 140 Å². The van der Waals surface area contributed by atoms with Gasteiger partial charge in [-0.3, -0.25) is 0 Å². The highest BCUT2D eigenvalue weighted by Crippen LogP contribution is 2.85. The van der Waals surface area contributed by atoms with Crippen LogP contribution in [0.25, 0.3) is 0 Å². The third kappa shape index (κ3) is 4.62. The number of para-hydroxylation sites is 1. The van der Waals surface area contributed by atoms with Gasteiger partial charge in [-0.15, -0.1) is 22.4 Å². The smallest absolute Gasteiger partial charge is 0.195 e. The molecule has 1 spiro atoms. The topological polar surface area (TPSA) is 12.4 Å². The molecule has 0 aliphatic carbocycles. The summed E-state index contributed by atoms with van der Waals surface area (Å²) in [5, 5.41) is 0. The predicted octanol–water partition coefficient (Wildman–Crippen LogP) is 11.6. The summed E-state index contributed by atoms with van der Waals surface area (Å²) in [6, 6.07) is 6.91. The maximum Gasteiger partial charge on any atom is 0.195 e. The van der Waals surface area contributed by atoms with Gasteiger partial charge in [0.2, 0.25) is 0 Å². The number of benzene rings is 1. The fourth-order valence-electron chi connectivity index (χ4n) is 9.17. The van der Waals surface area contributed by atoms with E-state index < -0.39 is 38.7 Å². The summed E-state index contributed by atoms with van der Waals surface area (Å²) in [6.07, 6.45) is 1.20. The molecule has 8 heteroatoms. The SMILES string of the molecule is CC(C)c1cccc(C(C)C)c1N=C1S[Si]2(S1)C([Si](C)(C)C)([Si](C)(C)C)CCC2([Si](C)(C)C)[Si](C)(C)C. The fraction of sp³-hybridized carbons (Fsp3) is 0.759. The number of rotatable bonds is 7. The molecule has 1 nitrogen and oxygen atoms in total. The lowest BCUT2D eigenvalue weighted by molar-refractivity contribution is 0.763. The van der Waals surface area contributed by atoms with Crippen LogP contribution in [0.15, 0.2) is 23.2 Å². The summed E-state index contributed by atoms with van der Waals surface area (Å²) in [4.78, 5) is 5.62. The zero-order valence-corrected chi connectivity index (χ0v) is 33.7. The highest BCUT2D eigenvalue weighted by Gasteiger charge is 2.84. The van der Waals surface area contributed by atoms with Gasteiger partial charge in [0.1, 0.15) is 4.38 Å². The normalized spacial score (nSPS) is 21.6. The Kier molecular flexibility index (Phi) is 8.61. The Hall–Kier alpha value is 0.674. The zero-order chi connectivity index (χ0) is 28.6. The van der Waals surface area contributed by atoms with Gasteiger partial charge < -0.3 is 0 Å². The van der Waals surface area contributed by atoms with Gasteiger partial charge in [-0.1, -0.05) is 137 Å². The number of nitrogens with zero attached hydrogens (tertiary/aromatic N) is 1. The molecule has 3 rings (SSSR count). The zero-order valence-electron chi connectivity index (χ0n) is 27.1. The summed E-state index contributed by atoms with van der Waals surface area (Å²) < 4.78 is 2.70. The van der Waals surface area contributed by atoms with Gasteiger partial charge in [0.25, 0.3) is 0 Å². The standard InChI is InChI=1S/C29H57NS2Si5/c1-22(2)24-18-17-19-25(23(3)4)26(24)30-27-31-37(32-27)28(33(5,6)7,34(8,9)10)20-21-29(37,35(11,12)13)36(14,15)16/h17-19,22-23H,20-21H2,1-16H3. The van der Waals surface area contributed by atoms with E-state index in [9.17, 15) is 0 Å². The van der Waals surface area contributed by atoms with Crippen LogP contribution in [-0.4, -0.2) is 43.0 Å². The Morgan fingerprint density at radius 2 is 0.973 bits per heavy atom. The molecule has 2 saturated heterocycles. The fourth-order valence-corrected chi connectivity index (χ4v) is 87.4. The number of aliphatic imine (C=N–C) groups is 1. The molecule has 1 aromatic carbocycles. The quantitative estimate of drug-likeness (QED) is 0.280. The monoisotopic (exact) mass is 623 g/mol. The molecule has 2 aliphatic heterocycles. The molecule has 210 valence electrons. The summed E-state index contributed by atoms with van der Waals surface area (Å²) >= 11 is 4.86. The average Bonchev–Trinajstić information content (AvgIpc) is 3.01. The molecule has 2 fully saturated rings. The molecule has 37 heavy (non-hydrogen) atoms. The van der Waals surface area contributed by atoms with Crippen molar-refractivity contribution in [2.75, 3.05) is 0 Å². The second-order valence-corrected chi connectivity index (χ2v) is 51.1. The Morgan fingerprint density at radius 3 is 1.24 bits per heavy atom. The van der Waals surface area contributed by atoms with E-state index >= 15 is 0 Å². The molecule has 0 N–H and O–H groups in total. The Labute approximate surface area is 243 Å². The first-order valence-electron chi connectivity index (χ1n) is 14.6. The van der Waals surface area contributed by atoms with Crippen molar-refractivity contribution in [1.29, 1.82) is 0 Å². The Bertz CT molecular complexity index is 948. The minimum atomic E-state index is -1.84. The number of hydrogen-bond donors (Lipinski definition) is 0. The third-order valence-corrected chi connectivity index (χ3v) is 62.0. The van der Waals surface area contributed by atoms with E-state index in [1.54, 1.807) is 0 Å². The minimum Gasteiger partial charge on any atom is -0.236 e. The molecular formula is C29H57NS2Si5. The van der Waals surface area contributed by atoms with Crippen molar-refractivity contribution in [1.82, 2.24) is 0 Å². The molecule has 1 aromatic rings. The molecule has 0 saturated carbocycles. The van der Waals surface area contributed by atoms with E-state index in [0.717, 1.165) is 0 Å². The van der Waals surface area contributed by atoms with Gasteiger partial charge in [-0.2, -0.15) is 0 Å². The van der Waals surface area contributed by atoms with Gasteiger partial charge in [0.05, 0.1) is 5.69 Å². The summed E-state index contributed by atoms with van der Waals surface area (Å²) in [5.41, 5.74) is 4.15. The van der Waals surface area contributed by atoms with E-state index in [4.69, 9.17) is 4.99 Å². The van der Waals surface area contributed by atoms with Crippen LogP contribution in [0.4, 0.5) is 5.69 Å².